The van der Waals surface area contributed by atoms with Crippen molar-refractivity contribution in [1.82, 2.24) is 15.5 Å². The number of methoxy groups -OCH3 is 1. The van der Waals surface area contributed by atoms with Gasteiger partial charge in [-0.2, -0.15) is 5.10 Å². The second kappa shape index (κ2) is 6.68. The van der Waals surface area contributed by atoms with Gasteiger partial charge in [-0.25, -0.2) is 0 Å². The summed E-state index contributed by atoms with van der Waals surface area (Å²) in [6.45, 7) is 6.04. The molecule has 0 aliphatic carbocycles. The molecule has 1 aromatic heterocycles. The number of aromatic nitrogens is 2. The monoisotopic (exact) mass is 273 g/mol. The first kappa shape index (κ1) is 14.8. The van der Waals surface area contributed by atoms with Crippen molar-refractivity contribution in [3.05, 3.63) is 42.1 Å². The molecular weight excluding hydrogens is 250 g/mol. The molecule has 0 fully saturated rings. The summed E-state index contributed by atoms with van der Waals surface area (Å²) < 4.78 is 5.40. The topological polar surface area (TPSA) is 49.9 Å². The average Bonchev–Trinajstić information content (AvgIpc) is 2.98. The molecule has 0 unspecified atom stereocenters. The molecule has 4 nitrogen and oxygen atoms in total. The lowest BCUT2D eigenvalue weighted by atomic mass is 10.1. The molecule has 0 saturated carbocycles. The van der Waals surface area contributed by atoms with E-state index in [0.29, 0.717) is 0 Å². The van der Waals surface area contributed by atoms with Crippen molar-refractivity contribution in [3.63, 3.8) is 0 Å². The number of hydrogen-bond donors (Lipinski definition) is 2. The highest BCUT2D eigenvalue weighted by Crippen LogP contribution is 2.16. The molecule has 2 rings (SSSR count). The maximum Gasteiger partial charge on any atom is 0.0650 e. The molecule has 20 heavy (non-hydrogen) atoms. The highest BCUT2D eigenvalue weighted by Gasteiger charge is 2.14. The van der Waals surface area contributed by atoms with Crippen LogP contribution in [0.2, 0.25) is 0 Å². The van der Waals surface area contributed by atoms with Gasteiger partial charge in [0.1, 0.15) is 0 Å². The fourth-order valence-electron chi connectivity index (χ4n) is 1.94. The van der Waals surface area contributed by atoms with Crippen LogP contribution in [0.4, 0.5) is 0 Å². The summed E-state index contributed by atoms with van der Waals surface area (Å²) >= 11 is 0. The molecule has 1 aromatic carbocycles. The van der Waals surface area contributed by atoms with E-state index in [4.69, 9.17) is 4.74 Å². The zero-order chi connectivity index (χ0) is 14.4. The molecule has 0 aliphatic heterocycles. The summed E-state index contributed by atoms with van der Waals surface area (Å²) in [6, 6.07) is 10.5. The van der Waals surface area contributed by atoms with Crippen LogP contribution in [0.15, 0.2) is 36.5 Å². The van der Waals surface area contributed by atoms with E-state index in [1.165, 1.54) is 5.56 Å². The van der Waals surface area contributed by atoms with Gasteiger partial charge in [-0.3, -0.25) is 5.10 Å². The highest BCUT2D eigenvalue weighted by molar-refractivity contribution is 5.58. The third kappa shape index (κ3) is 4.18. The first-order chi connectivity index (χ1) is 9.61. The molecule has 0 amide bonds. The third-order valence-electron chi connectivity index (χ3n) is 3.55. The Morgan fingerprint density at radius 2 is 1.95 bits per heavy atom. The maximum atomic E-state index is 5.40. The quantitative estimate of drug-likeness (QED) is 0.762. The highest BCUT2D eigenvalue weighted by atomic mass is 16.5. The second-order valence-electron chi connectivity index (χ2n) is 5.56. The Labute approximate surface area is 120 Å². The van der Waals surface area contributed by atoms with Gasteiger partial charge in [0, 0.05) is 19.9 Å². The van der Waals surface area contributed by atoms with Gasteiger partial charge in [0.05, 0.1) is 11.3 Å². The zero-order valence-electron chi connectivity index (χ0n) is 12.4. The SMILES string of the molecule is COC(C)(C)CCNCc1ccc(-c2ccn[nH]2)cc1. The minimum absolute atomic E-state index is 0.0581. The lowest BCUT2D eigenvalue weighted by Crippen LogP contribution is -2.28. The minimum atomic E-state index is -0.0581. The Bertz CT molecular complexity index is 503. The van der Waals surface area contributed by atoms with E-state index in [1.807, 2.05) is 6.07 Å². The summed E-state index contributed by atoms with van der Waals surface area (Å²) in [4.78, 5) is 0. The van der Waals surface area contributed by atoms with Gasteiger partial charge in [0.15, 0.2) is 0 Å². The average molecular weight is 273 g/mol. The molecule has 0 bridgehead atoms. The Hall–Kier alpha value is -1.65. The van der Waals surface area contributed by atoms with Gasteiger partial charge in [-0.15, -0.1) is 0 Å². The van der Waals surface area contributed by atoms with E-state index in [2.05, 4.69) is 53.6 Å². The van der Waals surface area contributed by atoms with Gasteiger partial charge in [0.2, 0.25) is 0 Å². The van der Waals surface area contributed by atoms with Crippen molar-refractivity contribution in [2.75, 3.05) is 13.7 Å². The summed E-state index contributed by atoms with van der Waals surface area (Å²) in [5, 5.41) is 10.4. The molecule has 1 heterocycles. The van der Waals surface area contributed by atoms with E-state index in [9.17, 15) is 0 Å². The van der Waals surface area contributed by atoms with Crippen molar-refractivity contribution >= 4 is 0 Å². The molecular formula is C16H23N3O. The van der Waals surface area contributed by atoms with Gasteiger partial charge >= 0.3 is 0 Å². The van der Waals surface area contributed by atoms with Gasteiger partial charge in [-0.05, 0) is 44.0 Å². The fourth-order valence-corrected chi connectivity index (χ4v) is 1.94. The van der Waals surface area contributed by atoms with Crippen LogP contribution in [0.5, 0.6) is 0 Å². The van der Waals surface area contributed by atoms with Crippen LogP contribution in [0.1, 0.15) is 25.8 Å². The van der Waals surface area contributed by atoms with Gasteiger partial charge < -0.3 is 10.1 Å². The molecule has 0 saturated heterocycles. The Balaban J connectivity index is 1.80. The second-order valence-corrected chi connectivity index (χ2v) is 5.56. The Morgan fingerprint density at radius 3 is 2.55 bits per heavy atom. The molecule has 2 aromatic rings. The van der Waals surface area contributed by atoms with Crippen LogP contribution < -0.4 is 5.32 Å². The number of rotatable bonds is 7. The van der Waals surface area contributed by atoms with Crippen molar-refractivity contribution in [2.24, 2.45) is 0 Å². The molecule has 0 atom stereocenters. The lowest BCUT2D eigenvalue weighted by Gasteiger charge is -2.22. The van der Waals surface area contributed by atoms with E-state index < -0.39 is 0 Å². The number of nitrogens with zero attached hydrogens (tertiary/aromatic N) is 1. The summed E-state index contributed by atoms with van der Waals surface area (Å²) in [6.07, 6.45) is 2.76. The number of ether oxygens (including phenoxy) is 1. The zero-order valence-corrected chi connectivity index (χ0v) is 12.4. The first-order valence-corrected chi connectivity index (χ1v) is 6.95. The Morgan fingerprint density at radius 1 is 1.20 bits per heavy atom. The molecule has 0 radical (unpaired) electrons. The molecule has 0 aliphatic rings. The van der Waals surface area contributed by atoms with E-state index in [0.717, 1.165) is 30.8 Å². The van der Waals surface area contributed by atoms with Gasteiger partial charge in [-0.1, -0.05) is 24.3 Å². The first-order valence-electron chi connectivity index (χ1n) is 6.95. The predicted molar refractivity (Wildman–Crippen MR) is 81.4 cm³/mol. The predicted octanol–water partition coefficient (Wildman–Crippen LogP) is 2.98. The molecule has 108 valence electrons. The van der Waals surface area contributed by atoms with Crippen molar-refractivity contribution in [3.8, 4) is 11.3 Å². The normalized spacial score (nSPS) is 11.8. The summed E-state index contributed by atoms with van der Waals surface area (Å²) in [7, 11) is 1.76. The lowest BCUT2D eigenvalue weighted by molar-refractivity contribution is 0.0158. The number of hydrogen-bond acceptors (Lipinski definition) is 3. The number of aromatic amines is 1. The smallest absolute Gasteiger partial charge is 0.0650 e. The van der Waals surface area contributed by atoms with E-state index >= 15 is 0 Å². The number of nitrogens with one attached hydrogen (secondary N) is 2. The van der Waals surface area contributed by atoms with Crippen LogP contribution in [-0.4, -0.2) is 29.5 Å². The Kier molecular flexibility index (Phi) is 4.93. The fraction of sp³-hybridized carbons (Fsp3) is 0.438. The largest absolute Gasteiger partial charge is 0.379 e. The summed E-state index contributed by atoms with van der Waals surface area (Å²) in [5.41, 5.74) is 3.43. The van der Waals surface area contributed by atoms with E-state index in [1.54, 1.807) is 13.3 Å². The third-order valence-corrected chi connectivity index (χ3v) is 3.55. The van der Waals surface area contributed by atoms with Crippen LogP contribution in [0.25, 0.3) is 11.3 Å². The maximum absolute atomic E-state index is 5.40. The molecule has 0 spiro atoms. The summed E-state index contributed by atoms with van der Waals surface area (Å²) in [5.74, 6) is 0. The van der Waals surface area contributed by atoms with Crippen molar-refractivity contribution in [1.29, 1.82) is 0 Å². The van der Waals surface area contributed by atoms with Crippen LogP contribution >= 0.6 is 0 Å². The van der Waals surface area contributed by atoms with Crippen molar-refractivity contribution < 1.29 is 4.74 Å². The minimum Gasteiger partial charge on any atom is -0.379 e. The standard InChI is InChI=1S/C16H23N3O/c1-16(2,20-3)9-11-17-12-13-4-6-14(7-5-13)15-8-10-18-19-15/h4-8,10,17H,9,11-12H2,1-3H3,(H,18,19). The molecule has 4 heteroatoms. The van der Waals surface area contributed by atoms with E-state index in [-0.39, 0.29) is 5.60 Å². The van der Waals surface area contributed by atoms with Gasteiger partial charge in [0.25, 0.3) is 0 Å². The van der Waals surface area contributed by atoms with Crippen molar-refractivity contribution in [2.45, 2.75) is 32.4 Å². The number of H-pyrrole nitrogens is 1. The number of benzene rings is 1. The van der Waals surface area contributed by atoms with Crippen LogP contribution in [0, 0.1) is 0 Å². The van der Waals surface area contributed by atoms with Crippen LogP contribution in [-0.2, 0) is 11.3 Å². The molecule has 2 N–H and O–H groups in total. The van der Waals surface area contributed by atoms with Crippen LogP contribution in [0.3, 0.4) is 0 Å².